The van der Waals surface area contributed by atoms with Gasteiger partial charge < -0.3 is 24.3 Å². The molecule has 1 aliphatic rings. The smallest absolute Gasteiger partial charge is 0.443 e. The zero-order valence-electron chi connectivity index (χ0n) is 16.9. The molecule has 2 aromatic carbocycles. The second kappa shape index (κ2) is 9.22. The molecule has 0 unspecified atom stereocenters. The van der Waals surface area contributed by atoms with E-state index in [0.29, 0.717) is 18.7 Å². The van der Waals surface area contributed by atoms with Crippen molar-refractivity contribution in [1.82, 2.24) is 9.55 Å². The average molecular weight is 459 g/mol. The van der Waals surface area contributed by atoms with E-state index in [2.05, 4.69) is 21.6 Å². The first kappa shape index (κ1) is 22.2. The zero-order chi connectivity index (χ0) is 23.4. The van der Waals surface area contributed by atoms with Crippen molar-refractivity contribution in [2.75, 3.05) is 6.61 Å². The summed E-state index contributed by atoms with van der Waals surface area (Å²) in [6, 6.07) is 12.8. The van der Waals surface area contributed by atoms with Crippen LogP contribution in [-0.4, -0.2) is 33.5 Å². The van der Waals surface area contributed by atoms with E-state index < -0.39 is 11.3 Å². The van der Waals surface area contributed by atoms with E-state index in [1.54, 1.807) is 4.57 Å². The monoisotopic (exact) mass is 459 g/mol. The zero-order valence-corrected chi connectivity index (χ0v) is 16.9. The predicted molar refractivity (Wildman–Crippen MR) is 109 cm³/mol. The van der Waals surface area contributed by atoms with Crippen LogP contribution in [0.5, 0.6) is 11.8 Å². The fourth-order valence-electron chi connectivity index (χ4n) is 3.04. The standard InChI is InChI=1S/C22H16F3N3O5/c23-22(24,25)33-18-9-7-16(8-10-18)2-1-15-3-5-17(6-4-15)13-31-19-11-27-12-20(28(29)30)26-21(27)32-14-19/h3-10,12,19H,11,13-14H2/t19-/m0/s1. The van der Waals surface area contributed by atoms with E-state index in [4.69, 9.17) is 9.47 Å². The summed E-state index contributed by atoms with van der Waals surface area (Å²) in [6.45, 7) is 0.950. The Kier molecular flexibility index (Phi) is 6.19. The van der Waals surface area contributed by atoms with Crippen molar-refractivity contribution in [2.24, 2.45) is 0 Å². The number of nitro groups is 1. The van der Waals surface area contributed by atoms with Gasteiger partial charge in [-0.05, 0) is 46.9 Å². The number of nitrogens with zero attached hydrogens (tertiary/aromatic N) is 3. The van der Waals surface area contributed by atoms with Crippen molar-refractivity contribution >= 4 is 5.82 Å². The lowest BCUT2D eigenvalue weighted by Gasteiger charge is -2.22. The molecule has 0 aliphatic carbocycles. The van der Waals surface area contributed by atoms with Crippen LogP contribution in [0.4, 0.5) is 19.0 Å². The molecule has 0 spiro atoms. The summed E-state index contributed by atoms with van der Waals surface area (Å²) in [5.41, 5.74) is 2.18. The number of alkyl halides is 3. The highest BCUT2D eigenvalue weighted by atomic mass is 19.4. The topological polar surface area (TPSA) is 88.7 Å². The second-order valence-corrected chi connectivity index (χ2v) is 7.05. The molecule has 0 bridgehead atoms. The maximum atomic E-state index is 12.2. The molecule has 170 valence electrons. The van der Waals surface area contributed by atoms with Crippen LogP contribution < -0.4 is 9.47 Å². The Morgan fingerprint density at radius 1 is 1.12 bits per heavy atom. The normalized spacial score (nSPS) is 15.1. The number of fused-ring (bicyclic) bond motifs is 1. The predicted octanol–water partition coefficient (Wildman–Crippen LogP) is 4.07. The van der Waals surface area contributed by atoms with Gasteiger partial charge in [0.05, 0.1) is 13.2 Å². The van der Waals surface area contributed by atoms with E-state index in [-0.39, 0.29) is 30.3 Å². The van der Waals surface area contributed by atoms with Crippen molar-refractivity contribution in [3.63, 3.8) is 0 Å². The fraction of sp³-hybridized carbons (Fsp3) is 0.227. The van der Waals surface area contributed by atoms with E-state index in [1.165, 1.54) is 30.5 Å². The molecule has 0 N–H and O–H groups in total. The van der Waals surface area contributed by atoms with Gasteiger partial charge >= 0.3 is 18.2 Å². The minimum Gasteiger partial charge on any atom is -0.443 e. The molecule has 0 saturated carbocycles. The van der Waals surface area contributed by atoms with E-state index in [9.17, 15) is 23.3 Å². The Morgan fingerprint density at radius 3 is 2.36 bits per heavy atom. The molecule has 0 amide bonds. The summed E-state index contributed by atoms with van der Waals surface area (Å²) in [5, 5.41) is 10.8. The first-order valence-corrected chi connectivity index (χ1v) is 9.68. The first-order valence-electron chi connectivity index (χ1n) is 9.68. The molecular formula is C22H16F3N3O5. The number of hydrogen-bond acceptors (Lipinski definition) is 6. The van der Waals surface area contributed by atoms with E-state index >= 15 is 0 Å². The molecule has 8 nitrogen and oxygen atoms in total. The van der Waals surface area contributed by atoms with Crippen LogP contribution >= 0.6 is 0 Å². The van der Waals surface area contributed by atoms with Gasteiger partial charge in [-0.1, -0.05) is 24.0 Å². The number of rotatable bonds is 5. The van der Waals surface area contributed by atoms with E-state index in [1.807, 2.05) is 24.3 Å². The molecule has 0 saturated heterocycles. The van der Waals surface area contributed by atoms with Crippen LogP contribution in [0.15, 0.2) is 54.7 Å². The summed E-state index contributed by atoms with van der Waals surface area (Å²) in [4.78, 5) is 14.0. The number of halogens is 3. The molecule has 33 heavy (non-hydrogen) atoms. The van der Waals surface area contributed by atoms with E-state index in [0.717, 1.165) is 11.1 Å². The van der Waals surface area contributed by atoms with Crippen LogP contribution in [0.1, 0.15) is 16.7 Å². The lowest BCUT2D eigenvalue weighted by atomic mass is 10.1. The molecule has 0 fully saturated rings. The van der Waals surface area contributed by atoms with Gasteiger partial charge in [-0.25, -0.2) is 0 Å². The van der Waals surface area contributed by atoms with Gasteiger partial charge in [-0.3, -0.25) is 4.57 Å². The number of aromatic nitrogens is 2. The van der Waals surface area contributed by atoms with Crippen LogP contribution in [0.25, 0.3) is 0 Å². The van der Waals surface area contributed by atoms with Crippen molar-refractivity contribution in [2.45, 2.75) is 25.6 Å². The van der Waals surface area contributed by atoms with Crippen LogP contribution in [0.3, 0.4) is 0 Å². The van der Waals surface area contributed by atoms with Crippen molar-refractivity contribution in [3.05, 3.63) is 81.5 Å². The number of hydrogen-bond donors (Lipinski definition) is 0. The molecule has 2 heterocycles. The highest BCUT2D eigenvalue weighted by molar-refractivity contribution is 5.44. The summed E-state index contributed by atoms with van der Waals surface area (Å²) < 4.78 is 53.2. The van der Waals surface area contributed by atoms with Gasteiger partial charge in [0.1, 0.15) is 24.7 Å². The Labute approximate surface area is 185 Å². The molecule has 0 radical (unpaired) electrons. The maximum absolute atomic E-state index is 12.2. The molecule has 11 heteroatoms. The largest absolute Gasteiger partial charge is 0.573 e. The Hall–Kier alpha value is -4.04. The van der Waals surface area contributed by atoms with Crippen LogP contribution in [-0.2, 0) is 17.9 Å². The quantitative estimate of drug-likeness (QED) is 0.325. The third-order valence-electron chi connectivity index (χ3n) is 4.59. The minimum atomic E-state index is -4.73. The van der Waals surface area contributed by atoms with Gasteiger partial charge in [0, 0.05) is 16.1 Å². The number of benzene rings is 2. The molecule has 3 aromatic rings. The Balaban J connectivity index is 1.30. The third kappa shape index (κ3) is 6.02. The lowest BCUT2D eigenvalue weighted by molar-refractivity contribution is -0.389. The van der Waals surface area contributed by atoms with Crippen molar-refractivity contribution in [1.29, 1.82) is 0 Å². The van der Waals surface area contributed by atoms with Gasteiger partial charge in [0.25, 0.3) is 0 Å². The number of ether oxygens (including phenoxy) is 3. The summed E-state index contributed by atoms with van der Waals surface area (Å²) in [7, 11) is 0. The molecular weight excluding hydrogens is 443 g/mol. The maximum Gasteiger partial charge on any atom is 0.573 e. The summed E-state index contributed by atoms with van der Waals surface area (Å²) in [6.07, 6.45) is -3.70. The summed E-state index contributed by atoms with van der Waals surface area (Å²) >= 11 is 0. The highest BCUT2D eigenvalue weighted by Crippen LogP contribution is 2.24. The fourth-order valence-corrected chi connectivity index (χ4v) is 3.04. The minimum absolute atomic E-state index is 0.201. The van der Waals surface area contributed by atoms with Gasteiger partial charge in [-0.15, -0.1) is 13.2 Å². The van der Waals surface area contributed by atoms with Crippen LogP contribution in [0.2, 0.25) is 0 Å². The number of imidazole rings is 1. The SMILES string of the molecule is O=[N+]([O-])c1cn2c(n1)OC[C@@H](OCc1ccc(C#Cc3ccc(OC(F)(F)F)cc3)cc1)C2. The molecule has 1 aromatic heterocycles. The molecule has 1 atom stereocenters. The lowest BCUT2D eigenvalue weighted by Crippen LogP contribution is -2.32. The third-order valence-corrected chi connectivity index (χ3v) is 4.59. The first-order chi connectivity index (χ1) is 15.7. The Bertz CT molecular complexity index is 1200. The molecule has 4 rings (SSSR count). The van der Waals surface area contributed by atoms with Crippen molar-refractivity contribution in [3.8, 4) is 23.6 Å². The highest BCUT2D eigenvalue weighted by Gasteiger charge is 2.31. The second-order valence-electron chi connectivity index (χ2n) is 7.05. The average Bonchev–Trinajstić information content (AvgIpc) is 3.21. The van der Waals surface area contributed by atoms with Gasteiger partial charge in [0.15, 0.2) is 0 Å². The summed E-state index contributed by atoms with van der Waals surface area (Å²) in [5.74, 6) is 5.25. The van der Waals surface area contributed by atoms with Gasteiger partial charge in [0.2, 0.25) is 0 Å². The molecule has 1 aliphatic heterocycles. The van der Waals surface area contributed by atoms with Gasteiger partial charge in [-0.2, -0.15) is 0 Å². The van der Waals surface area contributed by atoms with Crippen LogP contribution in [0, 0.1) is 22.0 Å². The van der Waals surface area contributed by atoms with Crippen molar-refractivity contribution < 1.29 is 32.3 Å². The Morgan fingerprint density at radius 2 is 1.76 bits per heavy atom.